The summed E-state index contributed by atoms with van der Waals surface area (Å²) in [4.78, 5) is 14.5. The smallest absolute Gasteiger partial charge is 0.254 e. The molecule has 1 aromatic rings. The van der Waals surface area contributed by atoms with Gasteiger partial charge in [0, 0.05) is 31.8 Å². The van der Waals surface area contributed by atoms with E-state index in [1.54, 1.807) is 7.11 Å². The maximum absolute atomic E-state index is 12.5. The van der Waals surface area contributed by atoms with Gasteiger partial charge in [-0.3, -0.25) is 4.79 Å². The Morgan fingerprint density at radius 1 is 1.33 bits per heavy atom. The summed E-state index contributed by atoms with van der Waals surface area (Å²) in [6.45, 7) is 2.77. The van der Waals surface area contributed by atoms with Gasteiger partial charge in [-0.15, -0.1) is 0 Å². The third kappa shape index (κ3) is 4.19. The molecule has 1 aliphatic heterocycles. The van der Waals surface area contributed by atoms with Crippen molar-refractivity contribution in [2.24, 2.45) is 0 Å². The zero-order valence-corrected chi connectivity index (χ0v) is 12.8. The van der Waals surface area contributed by atoms with Crippen LogP contribution in [0.25, 0.3) is 0 Å². The van der Waals surface area contributed by atoms with Crippen molar-refractivity contribution in [3.05, 3.63) is 29.8 Å². The highest BCUT2D eigenvalue weighted by Gasteiger charge is 2.28. The Labute approximate surface area is 126 Å². The molecule has 1 N–H and O–H groups in total. The highest BCUT2D eigenvalue weighted by Crippen LogP contribution is 2.21. The molecule has 1 atom stereocenters. The van der Waals surface area contributed by atoms with Gasteiger partial charge in [-0.2, -0.15) is 0 Å². The zero-order valence-electron chi connectivity index (χ0n) is 12.8. The van der Waals surface area contributed by atoms with E-state index in [2.05, 4.69) is 5.32 Å². The van der Waals surface area contributed by atoms with Crippen LogP contribution in [0, 0.1) is 0 Å². The molecule has 5 heteroatoms. The molecule has 1 unspecified atom stereocenters. The van der Waals surface area contributed by atoms with Crippen LogP contribution in [0.5, 0.6) is 5.75 Å². The molecular weight excluding hydrogens is 268 g/mol. The van der Waals surface area contributed by atoms with Crippen molar-refractivity contribution >= 4 is 5.91 Å². The molecule has 0 bridgehead atoms. The van der Waals surface area contributed by atoms with Crippen molar-refractivity contribution in [2.45, 2.75) is 18.9 Å². The monoisotopic (exact) mass is 292 g/mol. The van der Waals surface area contributed by atoms with Crippen LogP contribution >= 0.6 is 0 Å². The molecule has 1 amide bonds. The molecule has 0 radical (unpaired) electrons. The van der Waals surface area contributed by atoms with Crippen molar-refractivity contribution in [1.29, 1.82) is 0 Å². The molecule has 0 aromatic heterocycles. The summed E-state index contributed by atoms with van der Waals surface area (Å²) in [5.41, 5.74) is 0.720. The maximum Gasteiger partial charge on any atom is 0.254 e. The minimum atomic E-state index is 0.108. The van der Waals surface area contributed by atoms with Gasteiger partial charge in [0.2, 0.25) is 0 Å². The Morgan fingerprint density at radius 2 is 2.10 bits per heavy atom. The van der Waals surface area contributed by atoms with E-state index in [0.29, 0.717) is 19.3 Å². The molecule has 1 heterocycles. The number of nitrogens with zero attached hydrogens (tertiary/aromatic N) is 1. The predicted molar refractivity (Wildman–Crippen MR) is 81.8 cm³/mol. The summed E-state index contributed by atoms with van der Waals surface area (Å²) in [6, 6.07) is 7.65. The molecule has 1 saturated heterocycles. The average Bonchev–Trinajstić information content (AvgIpc) is 2.96. The van der Waals surface area contributed by atoms with Gasteiger partial charge < -0.3 is 19.7 Å². The number of likely N-dealkylation sites (tertiary alicyclic amines) is 1. The van der Waals surface area contributed by atoms with E-state index in [0.717, 1.165) is 37.2 Å². The van der Waals surface area contributed by atoms with Crippen LogP contribution < -0.4 is 10.1 Å². The lowest BCUT2D eigenvalue weighted by atomic mass is 10.1. The number of nitrogens with one attached hydrogen (secondary N) is 1. The minimum Gasteiger partial charge on any atom is -0.491 e. The largest absolute Gasteiger partial charge is 0.491 e. The summed E-state index contributed by atoms with van der Waals surface area (Å²) < 4.78 is 10.4. The minimum absolute atomic E-state index is 0.108. The lowest BCUT2D eigenvalue weighted by Crippen LogP contribution is -2.40. The Hall–Kier alpha value is -1.59. The summed E-state index contributed by atoms with van der Waals surface area (Å²) in [5.74, 6) is 0.869. The van der Waals surface area contributed by atoms with Crippen LogP contribution in [0.1, 0.15) is 23.2 Å². The van der Waals surface area contributed by atoms with E-state index in [-0.39, 0.29) is 5.91 Å². The number of methoxy groups -OCH3 is 1. The van der Waals surface area contributed by atoms with Crippen LogP contribution in [-0.4, -0.2) is 57.3 Å². The van der Waals surface area contributed by atoms with Gasteiger partial charge in [0.15, 0.2) is 0 Å². The SMILES string of the molecule is CNCC1CCCN1C(=O)c1ccc(OCCOC)cc1. The van der Waals surface area contributed by atoms with Gasteiger partial charge in [0.1, 0.15) is 12.4 Å². The predicted octanol–water partition coefficient (Wildman–Crippen LogP) is 1.54. The first-order valence-corrected chi connectivity index (χ1v) is 7.43. The Morgan fingerprint density at radius 3 is 2.76 bits per heavy atom. The zero-order chi connectivity index (χ0) is 15.1. The number of carbonyl (C=O) groups is 1. The topological polar surface area (TPSA) is 50.8 Å². The lowest BCUT2D eigenvalue weighted by Gasteiger charge is -2.24. The summed E-state index contributed by atoms with van der Waals surface area (Å²) >= 11 is 0. The number of amides is 1. The molecule has 1 aliphatic rings. The molecule has 1 aromatic carbocycles. The van der Waals surface area contributed by atoms with Crippen molar-refractivity contribution in [1.82, 2.24) is 10.2 Å². The van der Waals surface area contributed by atoms with Gasteiger partial charge in [-0.25, -0.2) is 0 Å². The van der Waals surface area contributed by atoms with Gasteiger partial charge >= 0.3 is 0 Å². The molecule has 0 spiro atoms. The van der Waals surface area contributed by atoms with Crippen LogP contribution in [-0.2, 0) is 4.74 Å². The third-order valence-corrected chi connectivity index (χ3v) is 3.74. The number of hydrogen-bond acceptors (Lipinski definition) is 4. The van der Waals surface area contributed by atoms with Crippen LogP contribution in [0.4, 0.5) is 0 Å². The van der Waals surface area contributed by atoms with Crippen LogP contribution in [0.15, 0.2) is 24.3 Å². The number of likely N-dealkylation sites (N-methyl/N-ethyl adjacent to an activating group) is 1. The third-order valence-electron chi connectivity index (χ3n) is 3.74. The van der Waals surface area contributed by atoms with Crippen molar-refractivity contribution in [2.75, 3.05) is 40.5 Å². The fourth-order valence-electron chi connectivity index (χ4n) is 2.65. The summed E-state index contributed by atoms with van der Waals surface area (Å²) in [5, 5.41) is 3.16. The van der Waals surface area contributed by atoms with Crippen LogP contribution in [0.3, 0.4) is 0 Å². The highest BCUT2D eigenvalue weighted by atomic mass is 16.5. The normalized spacial score (nSPS) is 18.0. The van der Waals surface area contributed by atoms with E-state index in [1.165, 1.54) is 0 Å². The first-order valence-electron chi connectivity index (χ1n) is 7.43. The second kappa shape index (κ2) is 8.00. The second-order valence-corrected chi connectivity index (χ2v) is 5.22. The van der Waals surface area contributed by atoms with Crippen molar-refractivity contribution < 1.29 is 14.3 Å². The molecule has 1 fully saturated rings. The van der Waals surface area contributed by atoms with E-state index in [4.69, 9.17) is 9.47 Å². The number of rotatable bonds is 7. The molecule has 0 aliphatic carbocycles. The van der Waals surface area contributed by atoms with E-state index in [9.17, 15) is 4.79 Å². The first-order chi connectivity index (χ1) is 10.3. The van der Waals surface area contributed by atoms with E-state index >= 15 is 0 Å². The maximum atomic E-state index is 12.5. The van der Waals surface area contributed by atoms with Crippen molar-refractivity contribution in [3.8, 4) is 5.75 Å². The fourth-order valence-corrected chi connectivity index (χ4v) is 2.65. The first kappa shape index (κ1) is 15.8. The van der Waals surface area contributed by atoms with E-state index in [1.807, 2.05) is 36.2 Å². The number of ether oxygens (including phenoxy) is 2. The highest BCUT2D eigenvalue weighted by molar-refractivity contribution is 5.94. The van der Waals surface area contributed by atoms with Gasteiger partial charge in [-0.05, 0) is 44.2 Å². The molecule has 0 saturated carbocycles. The van der Waals surface area contributed by atoms with Gasteiger partial charge in [0.25, 0.3) is 5.91 Å². The average molecular weight is 292 g/mol. The molecule has 21 heavy (non-hydrogen) atoms. The second-order valence-electron chi connectivity index (χ2n) is 5.22. The Kier molecular flexibility index (Phi) is 6.02. The number of benzene rings is 1. The van der Waals surface area contributed by atoms with Gasteiger partial charge in [-0.1, -0.05) is 0 Å². The Bertz CT molecular complexity index is 447. The molecule has 116 valence electrons. The quantitative estimate of drug-likeness (QED) is 0.775. The molecule has 2 rings (SSSR count). The Balaban J connectivity index is 1.96. The molecule has 5 nitrogen and oxygen atoms in total. The standard InChI is InChI=1S/C16H24N2O3/c1-17-12-14-4-3-9-18(14)16(19)13-5-7-15(8-6-13)21-11-10-20-2/h5-8,14,17H,3-4,9-12H2,1-2H3. The summed E-state index contributed by atoms with van der Waals surface area (Å²) in [7, 11) is 3.57. The summed E-state index contributed by atoms with van der Waals surface area (Å²) in [6.07, 6.45) is 2.15. The number of carbonyl (C=O) groups excluding carboxylic acids is 1. The fraction of sp³-hybridized carbons (Fsp3) is 0.562. The van der Waals surface area contributed by atoms with Crippen LogP contribution in [0.2, 0.25) is 0 Å². The lowest BCUT2D eigenvalue weighted by molar-refractivity contribution is 0.0737. The van der Waals surface area contributed by atoms with Crippen molar-refractivity contribution in [3.63, 3.8) is 0 Å². The van der Waals surface area contributed by atoms with Gasteiger partial charge in [0.05, 0.1) is 6.61 Å². The van der Waals surface area contributed by atoms with E-state index < -0.39 is 0 Å². The molecular formula is C16H24N2O3. The number of hydrogen-bond donors (Lipinski definition) is 1.